The molecule has 9 nitrogen and oxygen atoms in total. The summed E-state index contributed by atoms with van der Waals surface area (Å²) in [4.78, 5) is 18.1. The summed E-state index contributed by atoms with van der Waals surface area (Å²) in [6.45, 7) is 1.79. The topological polar surface area (TPSA) is 99.5 Å². The minimum absolute atomic E-state index is 0.384. The number of nitrogens with zero attached hydrogens (tertiary/aromatic N) is 3. The Morgan fingerprint density at radius 1 is 1.09 bits per heavy atom. The number of nitrogens with one attached hydrogen (secondary N) is 2. The number of carbonyl (C=O) groups excluding carboxylic acids is 1. The normalized spacial score (nSPS) is 14.8. The lowest BCUT2D eigenvalue weighted by Crippen LogP contribution is -2.31. The van der Waals surface area contributed by atoms with E-state index in [2.05, 4.69) is 20.7 Å². The molecule has 0 spiro atoms. The van der Waals surface area contributed by atoms with Crippen molar-refractivity contribution in [3.63, 3.8) is 0 Å². The number of allylic oxidation sites excluding steroid dienone is 1. The van der Waals surface area contributed by atoms with Gasteiger partial charge in [-0.25, -0.2) is 9.07 Å². The lowest BCUT2D eigenvalue weighted by molar-refractivity contribution is -0.113. The van der Waals surface area contributed by atoms with E-state index < -0.39 is 11.9 Å². The Balaban J connectivity index is 1.88. The molecule has 3 aromatic rings. The lowest BCUT2D eigenvalue weighted by atomic mass is 9.93. The van der Waals surface area contributed by atoms with Gasteiger partial charge in [-0.1, -0.05) is 11.8 Å². The van der Waals surface area contributed by atoms with E-state index in [4.69, 9.17) is 14.2 Å². The van der Waals surface area contributed by atoms with Gasteiger partial charge in [0.2, 0.25) is 16.9 Å². The van der Waals surface area contributed by atoms with Crippen LogP contribution < -0.4 is 24.8 Å². The van der Waals surface area contributed by atoms with E-state index in [1.165, 1.54) is 57.4 Å². The summed E-state index contributed by atoms with van der Waals surface area (Å²) in [5.41, 5.74) is 2.07. The number of amides is 1. The second-order valence-electron chi connectivity index (χ2n) is 7.32. The Morgan fingerprint density at radius 3 is 2.41 bits per heavy atom. The second-order valence-corrected chi connectivity index (χ2v) is 8.09. The molecule has 0 saturated carbocycles. The molecule has 2 aromatic carbocycles. The van der Waals surface area contributed by atoms with Gasteiger partial charge >= 0.3 is 0 Å². The molecule has 34 heavy (non-hydrogen) atoms. The number of rotatable bonds is 7. The zero-order chi connectivity index (χ0) is 24.4. The molecule has 1 atom stereocenters. The first-order valence-electron chi connectivity index (χ1n) is 10.3. The van der Waals surface area contributed by atoms with E-state index >= 15 is 0 Å². The smallest absolute Gasteiger partial charge is 0.255 e. The van der Waals surface area contributed by atoms with Crippen molar-refractivity contribution in [2.45, 2.75) is 18.1 Å². The van der Waals surface area contributed by atoms with Crippen LogP contribution in [0.1, 0.15) is 18.5 Å². The van der Waals surface area contributed by atoms with Crippen molar-refractivity contribution in [2.24, 2.45) is 0 Å². The highest BCUT2D eigenvalue weighted by Gasteiger charge is 2.37. The number of methoxy groups -OCH3 is 3. The van der Waals surface area contributed by atoms with Crippen LogP contribution in [0.5, 0.6) is 17.2 Å². The molecule has 178 valence electrons. The van der Waals surface area contributed by atoms with Gasteiger partial charge in [0, 0.05) is 16.9 Å². The Bertz CT molecular complexity index is 1260. The number of benzene rings is 2. The SMILES string of the molecule is COc1ccc([C@H]2C(C(=O)Nc3ccc(F)cc3)=C(C)Nc3nc(SC)nn32)c(OC)c1OC. The molecule has 0 radical (unpaired) electrons. The van der Waals surface area contributed by atoms with Crippen LogP contribution in [0.2, 0.25) is 0 Å². The summed E-state index contributed by atoms with van der Waals surface area (Å²) in [5.74, 6) is 0.994. The molecule has 1 aromatic heterocycles. The third-order valence-electron chi connectivity index (χ3n) is 5.39. The third kappa shape index (κ3) is 4.14. The van der Waals surface area contributed by atoms with Crippen LogP contribution in [-0.4, -0.2) is 48.3 Å². The van der Waals surface area contributed by atoms with Gasteiger partial charge in [0.05, 0.1) is 26.9 Å². The van der Waals surface area contributed by atoms with Gasteiger partial charge in [0.1, 0.15) is 11.9 Å². The summed E-state index contributed by atoms with van der Waals surface area (Å²) in [7, 11) is 4.57. The van der Waals surface area contributed by atoms with Crippen LogP contribution in [-0.2, 0) is 4.79 Å². The average molecular weight is 486 g/mol. The van der Waals surface area contributed by atoms with Gasteiger partial charge < -0.3 is 24.8 Å². The number of thioether (sulfide) groups is 1. The number of ether oxygens (including phenoxy) is 3. The van der Waals surface area contributed by atoms with Gasteiger partial charge in [0.25, 0.3) is 5.91 Å². The van der Waals surface area contributed by atoms with Crippen molar-refractivity contribution in [1.82, 2.24) is 14.8 Å². The van der Waals surface area contributed by atoms with Crippen molar-refractivity contribution >= 4 is 29.3 Å². The maximum atomic E-state index is 13.5. The molecular formula is C23H24FN5O4S. The van der Waals surface area contributed by atoms with E-state index in [1.807, 2.05) is 6.26 Å². The van der Waals surface area contributed by atoms with Crippen molar-refractivity contribution in [3.8, 4) is 17.2 Å². The molecule has 0 saturated heterocycles. The molecule has 1 aliphatic rings. The van der Waals surface area contributed by atoms with Crippen LogP contribution in [0.25, 0.3) is 0 Å². The molecule has 0 bridgehead atoms. The van der Waals surface area contributed by atoms with Crippen LogP contribution in [0.3, 0.4) is 0 Å². The number of halogens is 1. The van der Waals surface area contributed by atoms with Gasteiger partial charge in [-0.15, -0.1) is 5.10 Å². The molecule has 0 aliphatic carbocycles. The van der Waals surface area contributed by atoms with Gasteiger partial charge in [-0.3, -0.25) is 4.79 Å². The number of fused-ring (bicyclic) bond motifs is 1. The largest absolute Gasteiger partial charge is 0.493 e. The molecule has 2 heterocycles. The van der Waals surface area contributed by atoms with E-state index in [0.717, 1.165) is 0 Å². The van der Waals surface area contributed by atoms with Crippen molar-refractivity contribution < 1.29 is 23.4 Å². The average Bonchev–Trinajstić information content (AvgIpc) is 3.26. The van der Waals surface area contributed by atoms with Crippen LogP contribution in [0.15, 0.2) is 52.8 Å². The van der Waals surface area contributed by atoms with Crippen LogP contribution in [0, 0.1) is 5.82 Å². The first-order valence-corrected chi connectivity index (χ1v) is 11.5. The highest BCUT2D eigenvalue weighted by molar-refractivity contribution is 7.98. The molecule has 1 amide bonds. The first-order chi connectivity index (χ1) is 16.4. The Morgan fingerprint density at radius 2 is 1.79 bits per heavy atom. The van der Waals surface area contributed by atoms with E-state index in [-0.39, 0.29) is 5.91 Å². The molecular weight excluding hydrogens is 461 g/mol. The van der Waals surface area contributed by atoms with Gasteiger partial charge in [0.15, 0.2) is 11.5 Å². The fourth-order valence-electron chi connectivity index (χ4n) is 3.87. The number of hydrogen-bond donors (Lipinski definition) is 2. The molecule has 4 rings (SSSR count). The summed E-state index contributed by atoms with van der Waals surface area (Å²) in [6.07, 6.45) is 1.87. The quantitative estimate of drug-likeness (QED) is 0.483. The summed E-state index contributed by atoms with van der Waals surface area (Å²) < 4.78 is 31.7. The summed E-state index contributed by atoms with van der Waals surface area (Å²) in [6, 6.07) is 8.42. The van der Waals surface area contributed by atoms with E-state index in [9.17, 15) is 9.18 Å². The molecule has 11 heteroatoms. The maximum absolute atomic E-state index is 13.5. The molecule has 1 aliphatic heterocycles. The fourth-order valence-corrected chi connectivity index (χ4v) is 4.22. The lowest BCUT2D eigenvalue weighted by Gasteiger charge is -2.30. The fraction of sp³-hybridized carbons (Fsp3) is 0.261. The predicted molar refractivity (Wildman–Crippen MR) is 127 cm³/mol. The zero-order valence-corrected chi connectivity index (χ0v) is 20.1. The number of hydrogen-bond acceptors (Lipinski definition) is 8. The van der Waals surface area contributed by atoms with Crippen molar-refractivity contribution in [1.29, 1.82) is 0 Å². The van der Waals surface area contributed by atoms with Crippen molar-refractivity contribution in [2.75, 3.05) is 38.2 Å². The minimum Gasteiger partial charge on any atom is -0.493 e. The first kappa shape index (κ1) is 23.4. The zero-order valence-electron chi connectivity index (χ0n) is 19.3. The summed E-state index contributed by atoms with van der Waals surface area (Å²) >= 11 is 1.38. The minimum atomic E-state index is -0.695. The predicted octanol–water partition coefficient (Wildman–Crippen LogP) is 4.09. The molecule has 0 unspecified atom stereocenters. The molecule has 0 fully saturated rings. The van der Waals surface area contributed by atoms with Crippen LogP contribution >= 0.6 is 11.8 Å². The van der Waals surface area contributed by atoms with Gasteiger partial charge in [-0.2, -0.15) is 4.98 Å². The monoisotopic (exact) mass is 485 g/mol. The van der Waals surface area contributed by atoms with E-state index in [0.29, 0.717) is 50.9 Å². The Kier molecular flexibility index (Phi) is 6.64. The number of anilines is 2. The third-order valence-corrected chi connectivity index (χ3v) is 5.93. The summed E-state index contributed by atoms with van der Waals surface area (Å²) in [5, 5.41) is 11.2. The number of carbonyl (C=O) groups is 1. The Hall–Kier alpha value is -3.73. The second kappa shape index (κ2) is 9.64. The Labute approximate surface area is 200 Å². The molecule has 2 N–H and O–H groups in total. The van der Waals surface area contributed by atoms with E-state index in [1.54, 1.807) is 23.7 Å². The standard InChI is InChI=1S/C23H24FN5O4S/c1-12-17(21(30)26-14-8-6-13(24)7-9-14)18(29-22(25-12)27-23(28-29)34-5)15-10-11-16(31-2)20(33-4)19(15)32-3/h6-11,18H,1-5H3,(H,26,30)(H,25,27,28)/t18-/m0/s1. The highest BCUT2D eigenvalue weighted by Crippen LogP contribution is 2.47. The highest BCUT2D eigenvalue weighted by atomic mass is 32.2. The maximum Gasteiger partial charge on any atom is 0.255 e. The van der Waals surface area contributed by atoms with Crippen molar-refractivity contribution in [3.05, 3.63) is 59.0 Å². The number of aromatic nitrogens is 3. The van der Waals surface area contributed by atoms with Crippen LogP contribution in [0.4, 0.5) is 16.0 Å². The van der Waals surface area contributed by atoms with Gasteiger partial charge in [-0.05, 0) is 49.6 Å².